The highest BCUT2D eigenvalue weighted by atomic mass is 35.5. The van der Waals surface area contributed by atoms with E-state index in [0.717, 1.165) is 12.0 Å². The third kappa shape index (κ3) is 6.14. The van der Waals surface area contributed by atoms with Gasteiger partial charge in [0.15, 0.2) is 6.10 Å². The summed E-state index contributed by atoms with van der Waals surface area (Å²) in [7, 11) is 0. The lowest BCUT2D eigenvalue weighted by atomic mass is 10.2. The van der Waals surface area contributed by atoms with Crippen LogP contribution < -0.4 is 15.8 Å². The molecule has 3 N–H and O–H groups in total. The molecule has 0 heterocycles. The van der Waals surface area contributed by atoms with Crippen LogP contribution in [-0.2, 0) is 4.79 Å². The topological polar surface area (TPSA) is 64.3 Å². The van der Waals surface area contributed by atoms with Crippen LogP contribution in [0.25, 0.3) is 0 Å². The van der Waals surface area contributed by atoms with Gasteiger partial charge in [-0.1, -0.05) is 11.6 Å². The number of carbonyl (C=O) groups is 1. The van der Waals surface area contributed by atoms with Gasteiger partial charge in [-0.3, -0.25) is 4.79 Å². The van der Waals surface area contributed by atoms with Crippen molar-refractivity contribution in [1.29, 1.82) is 0 Å². The van der Waals surface area contributed by atoms with E-state index in [1.54, 1.807) is 19.1 Å². The lowest BCUT2D eigenvalue weighted by Crippen LogP contribution is -2.37. The number of halogens is 2. The molecule has 0 spiro atoms. The molecule has 0 aliphatic rings. The van der Waals surface area contributed by atoms with Crippen LogP contribution in [0.2, 0.25) is 5.02 Å². The number of hydrogen-bond acceptors (Lipinski definition) is 3. The number of hydrogen-bond donors (Lipinski definition) is 2. The Kier molecular flexibility index (Phi) is 8.56. The first-order chi connectivity index (χ1) is 8.54. The molecule has 1 unspecified atom stereocenters. The number of amides is 1. The Morgan fingerprint density at radius 1 is 1.53 bits per heavy atom. The first-order valence-electron chi connectivity index (χ1n) is 5.95. The molecule has 0 fully saturated rings. The number of carbonyl (C=O) groups excluding carboxylic acids is 1. The quantitative estimate of drug-likeness (QED) is 0.793. The second-order valence-corrected chi connectivity index (χ2v) is 4.51. The van der Waals surface area contributed by atoms with Crippen molar-refractivity contribution in [3.8, 4) is 5.75 Å². The summed E-state index contributed by atoms with van der Waals surface area (Å²) >= 11 is 5.92. The molecule has 0 bridgehead atoms. The van der Waals surface area contributed by atoms with Crippen LogP contribution in [0.3, 0.4) is 0 Å². The maximum atomic E-state index is 11.7. The Hall–Kier alpha value is -0.970. The summed E-state index contributed by atoms with van der Waals surface area (Å²) in [5, 5.41) is 3.44. The van der Waals surface area contributed by atoms with Gasteiger partial charge in [0, 0.05) is 11.6 Å². The summed E-state index contributed by atoms with van der Waals surface area (Å²) in [6.45, 7) is 4.73. The van der Waals surface area contributed by atoms with E-state index >= 15 is 0 Å². The number of aryl methyl sites for hydroxylation is 1. The Morgan fingerprint density at radius 2 is 2.21 bits per heavy atom. The summed E-state index contributed by atoms with van der Waals surface area (Å²) in [5.74, 6) is 0.495. The Balaban J connectivity index is 0.00000324. The van der Waals surface area contributed by atoms with Crippen molar-refractivity contribution >= 4 is 29.9 Å². The first-order valence-corrected chi connectivity index (χ1v) is 6.33. The van der Waals surface area contributed by atoms with E-state index in [1.165, 1.54) is 0 Å². The van der Waals surface area contributed by atoms with E-state index in [9.17, 15) is 4.79 Å². The standard InChI is InChI=1S/C13H19ClN2O2.ClH/c1-9-8-11(4-5-12(9)14)18-10(2)13(17)16-7-3-6-15;/h4-5,8,10H,3,6-7,15H2,1-2H3,(H,16,17);1H. The lowest BCUT2D eigenvalue weighted by Gasteiger charge is -2.15. The van der Waals surface area contributed by atoms with Crippen molar-refractivity contribution < 1.29 is 9.53 Å². The lowest BCUT2D eigenvalue weighted by molar-refractivity contribution is -0.127. The minimum absolute atomic E-state index is 0. The molecule has 0 saturated carbocycles. The zero-order valence-corrected chi connectivity index (χ0v) is 12.7. The van der Waals surface area contributed by atoms with Gasteiger partial charge in [-0.15, -0.1) is 12.4 Å². The fourth-order valence-electron chi connectivity index (χ4n) is 1.41. The van der Waals surface area contributed by atoms with Crippen LogP contribution in [0.4, 0.5) is 0 Å². The highest BCUT2D eigenvalue weighted by Crippen LogP contribution is 2.21. The molecule has 1 aromatic rings. The smallest absolute Gasteiger partial charge is 0.260 e. The molecular weight excluding hydrogens is 287 g/mol. The van der Waals surface area contributed by atoms with Gasteiger partial charge in [0.2, 0.25) is 0 Å². The maximum absolute atomic E-state index is 11.7. The fourth-order valence-corrected chi connectivity index (χ4v) is 1.52. The van der Waals surface area contributed by atoms with Gasteiger partial charge in [-0.25, -0.2) is 0 Å². The Labute approximate surface area is 125 Å². The molecule has 0 aliphatic heterocycles. The summed E-state index contributed by atoms with van der Waals surface area (Å²) in [6, 6.07) is 5.32. The Bertz CT molecular complexity index is 414. The summed E-state index contributed by atoms with van der Waals surface area (Å²) in [4.78, 5) is 11.7. The summed E-state index contributed by atoms with van der Waals surface area (Å²) in [5.41, 5.74) is 6.27. The third-order valence-corrected chi connectivity index (χ3v) is 2.92. The van der Waals surface area contributed by atoms with Crippen molar-refractivity contribution in [2.75, 3.05) is 13.1 Å². The molecule has 19 heavy (non-hydrogen) atoms. The first kappa shape index (κ1) is 18.0. The second kappa shape index (κ2) is 9.02. The van der Waals surface area contributed by atoms with E-state index in [1.807, 2.05) is 13.0 Å². The zero-order valence-electron chi connectivity index (χ0n) is 11.1. The average Bonchev–Trinajstić information content (AvgIpc) is 2.34. The zero-order chi connectivity index (χ0) is 13.5. The largest absolute Gasteiger partial charge is 0.481 e. The van der Waals surface area contributed by atoms with Gasteiger partial charge < -0.3 is 15.8 Å². The van der Waals surface area contributed by atoms with Crippen LogP contribution in [0.15, 0.2) is 18.2 Å². The highest BCUT2D eigenvalue weighted by molar-refractivity contribution is 6.31. The molecule has 0 saturated heterocycles. The van der Waals surface area contributed by atoms with E-state index in [2.05, 4.69) is 5.32 Å². The third-order valence-electron chi connectivity index (χ3n) is 2.49. The second-order valence-electron chi connectivity index (χ2n) is 4.10. The predicted molar refractivity (Wildman–Crippen MR) is 80.2 cm³/mol. The number of rotatable bonds is 6. The minimum atomic E-state index is -0.539. The molecule has 4 nitrogen and oxygen atoms in total. The van der Waals surface area contributed by atoms with E-state index in [0.29, 0.717) is 23.9 Å². The van der Waals surface area contributed by atoms with Crippen molar-refractivity contribution in [2.24, 2.45) is 5.73 Å². The molecule has 0 aliphatic carbocycles. The molecule has 1 aromatic carbocycles. The van der Waals surface area contributed by atoms with Crippen molar-refractivity contribution in [3.63, 3.8) is 0 Å². The van der Waals surface area contributed by atoms with Gasteiger partial charge in [0.25, 0.3) is 5.91 Å². The SMILES string of the molecule is Cc1cc(OC(C)C(=O)NCCCN)ccc1Cl.Cl. The number of ether oxygens (including phenoxy) is 1. The van der Waals surface area contributed by atoms with E-state index < -0.39 is 6.10 Å². The molecule has 1 atom stereocenters. The van der Waals surface area contributed by atoms with Crippen LogP contribution >= 0.6 is 24.0 Å². The molecular formula is C13H20Cl2N2O2. The molecule has 0 radical (unpaired) electrons. The number of nitrogens with two attached hydrogens (primary N) is 1. The maximum Gasteiger partial charge on any atom is 0.260 e. The summed E-state index contributed by atoms with van der Waals surface area (Å²) in [6.07, 6.45) is 0.224. The average molecular weight is 307 g/mol. The molecule has 6 heteroatoms. The van der Waals surface area contributed by atoms with Gasteiger partial charge in [0.1, 0.15) is 5.75 Å². The van der Waals surface area contributed by atoms with Crippen molar-refractivity contribution in [1.82, 2.24) is 5.32 Å². The van der Waals surface area contributed by atoms with Crippen LogP contribution in [-0.4, -0.2) is 25.1 Å². The van der Waals surface area contributed by atoms with Gasteiger partial charge >= 0.3 is 0 Å². The monoisotopic (exact) mass is 306 g/mol. The predicted octanol–water partition coefficient (Wildman–Crippen LogP) is 2.30. The number of benzene rings is 1. The van der Waals surface area contributed by atoms with Crippen LogP contribution in [0, 0.1) is 6.92 Å². The summed E-state index contributed by atoms with van der Waals surface area (Å²) < 4.78 is 5.54. The molecule has 1 rings (SSSR count). The van der Waals surface area contributed by atoms with Crippen LogP contribution in [0.5, 0.6) is 5.75 Å². The normalized spacial score (nSPS) is 11.4. The van der Waals surface area contributed by atoms with Gasteiger partial charge in [-0.2, -0.15) is 0 Å². The van der Waals surface area contributed by atoms with E-state index in [4.69, 9.17) is 22.1 Å². The van der Waals surface area contributed by atoms with Crippen molar-refractivity contribution in [2.45, 2.75) is 26.4 Å². The van der Waals surface area contributed by atoms with Crippen LogP contribution in [0.1, 0.15) is 18.9 Å². The molecule has 0 aromatic heterocycles. The van der Waals surface area contributed by atoms with E-state index in [-0.39, 0.29) is 18.3 Å². The highest BCUT2D eigenvalue weighted by Gasteiger charge is 2.14. The van der Waals surface area contributed by atoms with Gasteiger partial charge in [0.05, 0.1) is 0 Å². The van der Waals surface area contributed by atoms with Crippen molar-refractivity contribution in [3.05, 3.63) is 28.8 Å². The number of nitrogens with one attached hydrogen (secondary N) is 1. The Morgan fingerprint density at radius 3 is 2.79 bits per heavy atom. The molecule has 1 amide bonds. The van der Waals surface area contributed by atoms with Gasteiger partial charge in [-0.05, 0) is 50.6 Å². The molecule has 108 valence electrons. The fraction of sp³-hybridized carbons (Fsp3) is 0.462. The minimum Gasteiger partial charge on any atom is -0.481 e.